The molecule has 2 aromatic carbocycles. The predicted molar refractivity (Wildman–Crippen MR) is 112 cm³/mol. The van der Waals surface area contributed by atoms with Gasteiger partial charge in [0.05, 0.1) is 11.3 Å². The van der Waals surface area contributed by atoms with E-state index in [0.717, 1.165) is 22.5 Å². The minimum atomic E-state index is -2.59. The highest BCUT2D eigenvalue weighted by atomic mass is 32.2. The summed E-state index contributed by atoms with van der Waals surface area (Å²) in [5.74, 6) is -3.02. The molecule has 0 fully saturated rings. The summed E-state index contributed by atoms with van der Waals surface area (Å²) in [5.41, 5.74) is 4.15. The quantitative estimate of drug-likeness (QED) is 0.419. The van der Waals surface area contributed by atoms with Crippen LogP contribution in [0.2, 0.25) is 0 Å². The number of fused-ring (bicyclic) bond motifs is 1. The lowest BCUT2D eigenvalue weighted by atomic mass is 10.1. The van der Waals surface area contributed by atoms with Crippen LogP contribution in [-0.2, 0) is 0 Å². The van der Waals surface area contributed by atoms with E-state index in [1.165, 1.54) is 6.07 Å². The monoisotopic (exact) mass is 409 g/mol. The van der Waals surface area contributed by atoms with Gasteiger partial charge < -0.3 is 9.72 Å². The highest BCUT2D eigenvalue weighted by molar-refractivity contribution is 7.99. The molecule has 146 valence electrons. The van der Waals surface area contributed by atoms with Crippen molar-refractivity contribution in [3.8, 4) is 11.3 Å². The van der Waals surface area contributed by atoms with Crippen molar-refractivity contribution in [1.29, 1.82) is 0 Å². The third-order valence-corrected chi connectivity index (χ3v) is 5.28. The standard InChI is InChI=1S/C22H17F2N3OS/c1-14-9-10-15(18-13-27-11-5-4-8-20(27)25-18)12-17(14)26-21(28)16-6-2-3-7-19(16)29-22(23)24/h2-13,22H,1H3,(H,26,28). The summed E-state index contributed by atoms with van der Waals surface area (Å²) >= 11 is 0.364. The van der Waals surface area contributed by atoms with Gasteiger partial charge in [0.2, 0.25) is 0 Å². The Morgan fingerprint density at radius 3 is 2.69 bits per heavy atom. The number of anilines is 1. The van der Waals surface area contributed by atoms with Gasteiger partial charge in [0.15, 0.2) is 0 Å². The topological polar surface area (TPSA) is 46.4 Å². The van der Waals surface area contributed by atoms with Crippen molar-refractivity contribution in [3.05, 3.63) is 84.2 Å². The van der Waals surface area contributed by atoms with Crippen LogP contribution in [0, 0.1) is 6.92 Å². The van der Waals surface area contributed by atoms with Crippen LogP contribution in [0.25, 0.3) is 16.9 Å². The second-order valence-electron chi connectivity index (χ2n) is 6.45. The maximum atomic E-state index is 12.8. The summed E-state index contributed by atoms with van der Waals surface area (Å²) in [6.07, 6.45) is 3.83. The first kappa shape index (κ1) is 19.1. The van der Waals surface area contributed by atoms with Crippen LogP contribution < -0.4 is 5.32 Å². The summed E-state index contributed by atoms with van der Waals surface area (Å²) in [5, 5.41) is 2.85. The Morgan fingerprint density at radius 1 is 1.10 bits per heavy atom. The number of amides is 1. The van der Waals surface area contributed by atoms with Crippen molar-refractivity contribution in [2.45, 2.75) is 17.6 Å². The van der Waals surface area contributed by atoms with Gasteiger partial charge in [-0.15, -0.1) is 0 Å². The minimum Gasteiger partial charge on any atom is -0.322 e. The van der Waals surface area contributed by atoms with Crippen LogP contribution in [-0.4, -0.2) is 21.0 Å². The van der Waals surface area contributed by atoms with Gasteiger partial charge in [-0.25, -0.2) is 4.98 Å². The third kappa shape index (κ3) is 4.14. The lowest BCUT2D eigenvalue weighted by molar-refractivity contribution is 0.102. The zero-order valence-electron chi connectivity index (χ0n) is 15.5. The van der Waals surface area contributed by atoms with Gasteiger partial charge in [0, 0.05) is 28.5 Å². The molecule has 29 heavy (non-hydrogen) atoms. The summed E-state index contributed by atoms with van der Waals surface area (Å²) in [6, 6.07) is 17.8. The molecule has 0 atom stereocenters. The summed E-state index contributed by atoms with van der Waals surface area (Å²) in [4.78, 5) is 17.6. The minimum absolute atomic E-state index is 0.218. The van der Waals surface area contributed by atoms with Gasteiger partial charge >= 0.3 is 0 Å². The molecule has 1 N–H and O–H groups in total. The molecular formula is C22H17F2N3OS. The lowest BCUT2D eigenvalue weighted by Gasteiger charge is -2.12. The number of benzene rings is 2. The van der Waals surface area contributed by atoms with E-state index in [1.807, 2.05) is 60.1 Å². The Kier molecular flexibility index (Phi) is 5.31. The van der Waals surface area contributed by atoms with Crippen molar-refractivity contribution in [2.75, 3.05) is 5.32 Å². The Bertz CT molecular complexity index is 1160. The van der Waals surface area contributed by atoms with Crippen LogP contribution in [0.1, 0.15) is 15.9 Å². The average Bonchev–Trinajstić information content (AvgIpc) is 3.14. The van der Waals surface area contributed by atoms with E-state index in [1.54, 1.807) is 18.2 Å². The number of alkyl halides is 2. The highest BCUT2D eigenvalue weighted by Gasteiger charge is 2.16. The number of pyridine rings is 1. The van der Waals surface area contributed by atoms with Crippen LogP contribution in [0.15, 0.2) is 78.0 Å². The number of halogens is 2. The van der Waals surface area contributed by atoms with Crippen molar-refractivity contribution in [2.24, 2.45) is 0 Å². The molecule has 4 nitrogen and oxygen atoms in total. The van der Waals surface area contributed by atoms with Gasteiger partial charge in [-0.1, -0.05) is 42.1 Å². The number of aryl methyl sites for hydroxylation is 1. The van der Waals surface area contributed by atoms with Crippen LogP contribution >= 0.6 is 11.8 Å². The summed E-state index contributed by atoms with van der Waals surface area (Å²) in [7, 11) is 0. The van der Waals surface area contributed by atoms with Crippen LogP contribution in [0.3, 0.4) is 0 Å². The number of imidazole rings is 1. The van der Waals surface area contributed by atoms with Gasteiger partial charge in [-0.2, -0.15) is 8.78 Å². The number of carbonyl (C=O) groups excluding carboxylic acids is 1. The number of nitrogens with zero attached hydrogens (tertiary/aromatic N) is 2. The number of thioether (sulfide) groups is 1. The fourth-order valence-corrected chi connectivity index (χ4v) is 3.67. The molecule has 0 unspecified atom stereocenters. The first-order chi connectivity index (χ1) is 14.0. The molecule has 0 saturated heterocycles. The van der Waals surface area contributed by atoms with E-state index in [9.17, 15) is 13.6 Å². The number of aromatic nitrogens is 2. The molecule has 7 heteroatoms. The first-order valence-electron chi connectivity index (χ1n) is 8.91. The van der Waals surface area contributed by atoms with E-state index in [2.05, 4.69) is 10.3 Å². The van der Waals surface area contributed by atoms with Crippen molar-refractivity contribution in [3.63, 3.8) is 0 Å². The zero-order chi connectivity index (χ0) is 20.4. The van der Waals surface area contributed by atoms with E-state index < -0.39 is 11.7 Å². The van der Waals surface area contributed by atoms with Crippen molar-refractivity contribution >= 4 is 29.0 Å². The zero-order valence-corrected chi connectivity index (χ0v) is 16.3. The maximum absolute atomic E-state index is 12.8. The molecule has 0 bridgehead atoms. The Hall–Kier alpha value is -3.19. The number of rotatable bonds is 5. The van der Waals surface area contributed by atoms with Crippen molar-refractivity contribution < 1.29 is 13.6 Å². The SMILES string of the molecule is Cc1ccc(-c2cn3ccccc3n2)cc1NC(=O)c1ccccc1SC(F)F. The average molecular weight is 409 g/mol. The van der Waals surface area contributed by atoms with Gasteiger partial charge in [-0.05, 0) is 42.8 Å². The number of nitrogens with one attached hydrogen (secondary N) is 1. The van der Waals surface area contributed by atoms with Gasteiger partial charge in [-0.3, -0.25) is 4.79 Å². The first-order valence-corrected chi connectivity index (χ1v) is 9.79. The second kappa shape index (κ2) is 8.05. The Morgan fingerprint density at radius 2 is 1.90 bits per heavy atom. The second-order valence-corrected chi connectivity index (χ2v) is 7.48. The molecule has 1 amide bonds. The third-order valence-electron chi connectivity index (χ3n) is 4.49. The smallest absolute Gasteiger partial charge is 0.288 e. The molecule has 2 heterocycles. The van der Waals surface area contributed by atoms with E-state index in [0.29, 0.717) is 17.4 Å². The Labute approximate surface area is 170 Å². The highest BCUT2D eigenvalue weighted by Crippen LogP contribution is 2.30. The number of carbonyl (C=O) groups is 1. The summed E-state index contributed by atoms with van der Waals surface area (Å²) in [6.45, 7) is 1.88. The molecule has 0 saturated carbocycles. The molecule has 0 aliphatic carbocycles. The van der Waals surface area contributed by atoms with Gasteiger partial charge in [0.1, 0.15) is 5.65 Å². The largest absolute Gasteiger partial charge is 0.322 e. The maximum Gasteiger partial charge on any atom is 0.288 e. The normalized spacial score (nSPS) is 11.2. The molecule has 0 aliphatic heterocycles. The van der Waals surface area contributed by atoms with Gasteiger partial charge in [0.25, 0.3) is 11.7 Å². The van der Waals surface area contributed by atoms with E-state index in [4.69, 9.17) is 0 Å². The molecule has 2 aromatic heterocycles. The fraction of sp³-hybridized carbons (Fsp3) is 0.0909. The summed E-state index contributed by atoms with van der Waals surface area (Å²) < 4.78 is 27.5. The molecule has 0 spiro atoms. The fourth-order valence-electron chi connectivity index (χ4n) is 3.03. The van der Waals surface area contributed by atoms with Crippen molar-refractivity contribution in [1.82, 2.24) is 9.38 Å². The van der Waals surface area contributed by atoms with E-state index in [-0.39, 0.29) is 10.5 Å². The Balaban J connectivity index is 1.64. The van der Waals surface area contributed by atoms with Crippen LogP contribution in [0.4, 0.5) is 14.5 Å². The van der Waals surface area contributed by atoms with E-state index >= 15 is 0 Å². The molecule has 4 rings (SSSR count). The predicted octanol–water partition coefficient (Wildman–Crippen LogP) is 5.88. The molecule has 0 radical (unpaired) electrons. The molecule has 4 aromatic rings. The van der Waals surface area contributed by atoms with Crippen LogP contribution in [0.5, 0.6) is 0 Å². The number of hydrogen-bond acceptors (Lipinski definition) is 3. The molecular weight excluding hydrogens is 392 g/mol. The number of hydrogen-bond donors (Lipinski definition) is 1. The molecule has 0 aliphatic rings. The lowest BCUT2D eigenvalue weighted by Crippen LogP contribution is -2.14.